The van der Waals surface area contributed by atoms with Crippen molar-refractivity contribution in [3.05, 3.63) is 11.6 Å². The van der Waals surface area contributed by atoms with Gasteiger partial charge in [0.1, 0.15) is 11.8 Å². The Balaban J connectivity index is 0. The molecular formula is C19H29NaO6. The molecule has 2 atom stereocenters. The van der Waals surface area contributed by atoms with E-state index in [9.17, 15) is 19.2 Å². The number of aldehydes is 1. The van der Waals surface area contributed by atoms with Crippen LogP contribution < -0.4 is 29.6 Å². The van der Waals surface area contributed by atoms with Crippen LogP contribution in [0.25, 0.3) is 0 Å². The number of Topliss-reactive ketones (excluding diaryl/α,β-unsaturated/α-hetero) is 1. The summed E-state index contributed by atoms with van der Waals surface area (Å²) in [6.45, 7) is 3.92. The fraction of sp³-hybridized carbons (Fsp3) is 0.684. The van der Waals surface area contributed by atoms with Crippen LogP contribution in [0, 0.1) is 17.9 Å². The number of ketones is 1. The molecular weight excluding hydrogens is 347 g/mol. The van der Waals surface area contributed by atoms with Crippen molar-refractivity contribution in [3.8, 4) is 0 Å². The molecule has 0 N–H and O–H groups in total. The number of unbranched alkanes of at least 4 members (excludes halogenated alkanes) is 3. The molecule has 0 aliphatic rings. The topological polar surface area (TPSA) is 86.7 Å². The first-order chi connectivity index (χ1) is 12.0. The number of carbonyl (C=O) groups is 4. The van der Waals surface area contributed by atoms with E-state index in [1.807, 2.05) is 6.92 Å². The van der Waals surface area contributed by atoms with Crippen molar-refractivity contribution >= 4 is 24.0 Å². The first-order valence-corrected chi connectivity index (χ1v) is 8.73. The molecule has 0 aliphatic heterocycles. The van der Waals surface area contributed by atoms with E-state index >= 15 is 0 Å². The van der Waals surface area contributed by atoms with Gasteiger partial charge in [0.25, 0.3) is 0 Å². The van der Waals surface area contributed by atoms with E-state index in [-0.39, 0.29) is 35.1 Å². The molecule has 0 aromatic carbocycles. The number of allylic oxidation sites excluding steroid dienone is 1. The van der Waals surface area contributed by atoms with Gasteiger partial charge in [-0.2, -0.15) is 0 Å². The van der Waals surface area contributed by atoms with E-state index < -0.39 is 29.6 Å². The predicted molar refractivity (Wildman–Crippen MR) is 92.5 cm³/mol. The zero-order valence-corrected chi connectivity index (χ0v) is 18.6. The molecule has 2 unspecified atom stereocenters. The number of methoxy groups -OCH3 is 2. The van der Waals surface area contributed by atoms with Crippen molar-refractivity contribution in [2.75, 3.05) is 14.2 Å². The molecule has 0 aliphatic carbocycles. The Hall–Kier alpha value is -0.980. The maximum absolute atomic E-state index is 12.9. The second kappa shape index (κ2) is 16.2. The van der Waals surface area contributed by atoms with Crippen LogP contribution in [-0.4, -0.2) is 38.2 Å². The number of esters is 2. The van der Waals surface area contributed by atoms with Crippen molar-refractivity contribution in [1.82, 2.24) is 0 Å². The quantitative estimate of drug-likeness (QED) is 0.0844. The van der Waals surface area contributed by atoms with Crippen LogP contribution in [0.15, 0.2) is 5.57 Å². The van der Waals surface area contributed by atoms with Gasteiger partial charge in [0.15, 0.2) is 5.78 Å². The van der Waals surface area contributed by atoms with E-state index in [4.69, 9.17) is 9.47 Å². The summed E-state index contributed by atoms with van der Waals surface area (Å²) in [5.41, 5.74) is 0.247. The van der Waals surface area contributed by atoms with Gasteiger partial charge < -0.3 is 20.3 Å². The minimum atomic E-state index is -1.30. The van der Waals surface area contributed by atoms with E-state index in [0.29, 0.717) is 32.0 Å². The number of hydrogen-bond donors (Lipinski definition) is 0. The fourth-order valence-electron chi connectivity index (χ4n) is 2.69. The van der Waals surface area contributed by atoms with Gasteiger partial charge in [-0.25, -0.2) is 5.57 Å². The van der Waals surface area contributed by atoms with Crippen LogP contribution in [-0.2, 0) is 28.7 Å². The van der Waals surface area contributed by atoms with Gasteiger partial charge in [-0.3, -0.25) is 14.4 Å². The van der Waals surface area contributed by atoms with E-state index in [1.54, 1.807) is 0 Å². The summed E-state index contributed by atoms with van der Waals surface area (Å²) in [5, 5.41) is 0. The van der Waals surface area contributed by atoms with Gasteiger partial charge in [0.05, 0.1) is 14.2 Å². The first kappa shape index (κ1) is 27.2. The molecule has 0 amide bonds. The third-order valence-electron chi connectivity index (χ3n) is 4.01. The molecule has 7 heteroatoms. The van der Waals surface area contributed by atoms with Crippen LogP contribution >= 0.6 is 0 Å². The Morgan fingerprint density at radius 1 is 0.962 bits per heavy atom. The van der Waals surface area contributed by atoms with Gasteiger partial charge in [0, 0.05) is 0 Å². The minimum Gasteiger partial charge on any atom is -0.468 e. The Morgan fingerprint density at radius 2 is 1.58 bits per heavy atom. The molecule has 0 saturated heterocycles. The standard InChI is InChI=1S/C19H29O6.Na/c1-5-7-8-9-11-15(18(22)24-3)17(21)16(19(23)25-4)14(10-6-2)12-13-20;/h13,15-16H,5-11H2,1-4H3;/q-1;+1. The SMILES string of the molecule is CCCCCCC(C(=O)OC)C(=O)C(C(=O)OC)C(=[C-]C=O)CCC.[Na+]. The molecule has 0 rings (SSSR count). The molecule has 6 nitrogen and oxygen atoms in total. The van der Waals surface area contributed by atoms with Crippen molar-refractivity contribution in [3.63, 3.8) is 0 Å². The number of rotatable bonds is 13. The second-order valence-corrected chi connectivity index (χ2v) is 5.82. The van der Waals surface area contributed by atoms with Crippen molar-refractivity contribution < 1.29 is 58.2 Å². The van der Waals surface area contributed by atoms with Gasteiger partial charge in [0.2, 0.25) is 0 Å². The van der Waals surface area contributed by atoms with E-state index in [2.05, 4.69) is 13.0 Å². The first-order valence-electron chi connectivity index (χ1n) is 8.73. The molecule has 0 saturated carbocycles. The molecule has 0 heterocycles. The zero-order chi connectivity index (χ0) is 19.2. The monoisotopic (exact) mass is 376 g/mol. The largest absolute Gasteiger partial charge is 1.00 e. The summed E-state index contributed by atoms with van der Waals surface area (Å²) in [5.74, 6) is -4.40. The maximum atomic E-state index is 12.9. The van der Waals surface area contributed by atoms with Gasteiger partial charge in [-0.05, 0) is 12.7 Å². The molecule has 26 heavy (non-hydrogen) atoms. The van der Waals surface area contributed by atoms with Crippen LogP contribution in [0.1, 0.15) is 58.8 Å². The molecule has 0 aromatic rings. The maximum Gasteiger partial charge on any atom is 1.00 e. The zero-order valence-electron chi connectivity index (χ0n) is 16.6. The van der Waals surface area contributed by atoms with E-state index in [0.717, 1.165) is 19.3 Å². The summed E-state index contributed by atoms with van der Waals surface area (Å²) in [6.07, 6.45) is 7.71. The van der Waals surface area contributed by atoms with E-state index in [1.165, 1.54) is 14.2 Å². The molecule has 142 valence electrons. The second-order valence-electron chi connectivity index (χ2n) is 5.82. The van der Waals surface area contributed by atoms with Crippen molar-refractivity contribution in [2.45, 2.75) is 58.8 Å². The van der Waals surface area contributed by atoms with Gasteiger partial charge >= 0.3 is 41.5 Å². The predicted octanol–water partition coefficient (Wildman–Crippen LogP) is -0.163. The molecule has 0 radical (unpaired) electrons. The summed E-state index contributed by atoms with van der Waals surface area (Å²) in [4.78, 5) is 48.0. The van der Waals surface area contributed by atoms with Crippen LogP contribution in [0.3, 0.4) is 0 Å². The average Bonchev–Trinajstić information content (AvgIpc) is 2.61. The van der Waals surface area contributed by atoms with Crippen LogP contribution in [0.2, 0.25) is 0 Å². The van der Waals surface area contributed by atoms with Gasteiger partial charge in [-0.15, -0.1) is 0 Å². The third kappa shape index (κ3) is 9.10. The Bertz CT molecular complexity index is 486. The number of hydrogen-bond acceptors (Lipinski definition) is 6. The van der Waals surface area contributed by atoms with Gasteiger partial charge in [-0.1, -0.05) is 52.4 Å². The summed E-state index contributed by atoms with van der Waals surface area (Å²) >= 11 is 0. The summed E-state index contributed by atoms with van der Waals surface area (Å²) in [6, 6.07) is 0. The van der Waals surface area contributed by atoms with Crippen LogP contribution in [0.4, 0.5) is 0 Å². The molecule has 0 aromatic heterocycles. The number of ether oxygens (including phenoxy) is 2. The minimum absolute atomic E-state index is 0. The Morgan fingerprint density at radius 3 is 2.04 bits per heavy atom. The third-order valence-corrected chi connectivity index (χ3v) is 4.01. The van der Waals surface area contributed by atoms with Crippen molar-refractivity contribution in [1.29, 1.82) is 0 Å². The Kier molecular flexibility index (Phi) is 17.0. The fourth-order valence-corrected chi connectivity index (χ4v) is 2.69. The number of carbonyl (C=O) groups excluding carboxylic acids is 4. The molecule has 0 spiro atoms. The average molecular weight is 376 g/mol. The van der Waals surface area contributed by atoms with Crippen LogP contribution in [0.5, 0.6) is 0 Å². The Labute approximate surface area is 178 Å². The van der Waals surface area contributed by atoms with Crippen molar-refractivity contribution in [2.24, 2.45) is 11.8 Å². The summed E-state index contributed by atoms with van der Waals surface area (Å²) in [7, 11) is 2.38. The molecule has 0 fully saturated rings. The normalized spacial score (nSPS) is 13.2. The molecule has 0 bridgehead atoms. The summed E-state index contributed by atoms with van der Waals surface area (Å²) < 4.78 is 9.47. The smallest absolute Gasteiger partial charge is 0.468 e.